The fraction of sp³-hybridized carbons (Fsp3) is 0. The number of rotatable bonds is 5. The highest BCUT2D eigenvalue weighted by Gasteiger charge is 2.20. The zero-order chi connectivity index (χ0) is 37.5. The summed E-state index contributed by atoms with van der Waals surface area (Å²) in [6, 6.07) is 64.9. The monoisotopic (exact) mass is 762 g/mol. The molecule has 0 atom stereocenters. The summed E-state index contributed by atoms with van der Waals surface area (Å²) in [7, 11) is 0. The Hall–Kier alpha value is -6.99. The summed E-state index contributed by atoms with van der Waals surface area (Å²) >= 11 is 3.69. The summed E-state index contributed by atoms with van der Waals surface area (Å²) in [4.78, 5) is 15.2. The van der Waals surface area contributed by atoms with Crippen molar-refractivity contribution < 1.29 is 0 Å². The van der Waals surface area contributed by atoms with Crippen LogP contribution in [0.2, 0.25) is 0 Å². The van der Waals surface area contributed by atoms with Gasteiger partial charge in [-0.05, 0) is 59.7 Å². The van der Waals surface area contributed by atoms with Crippen LogP contribution in [0.4, 0.5) is 0 Å². The molecule has 8 aromatic carbocycles. The molecule has 4 heterocycles. The maximum atomic E-state index is 5.11. The Balaban J connectivity index is 1.07. The van der Waals surface area contributed by atoms with Crippen LogP contribution in [0.5, 0.6) is 0 Å². The Morgan fingerprint density at radius 1 is 0.333 bits per heavy atom. The van der Waals surface area contributed by atoms with Gasteiger partial charge in [-0.3, -0.25) is 0 Å². The molecule has 6 heteroatoms. The summed E-state index contributed by atoms with van der Waals surface area (Å²) < 4.78 is 7.46. The summed E-state index contributed by atoms with van der Waals surface area (Å²) in [5, 5.41) is 7.56. The van der Waals surface area contributed by atoms with Gasteiger partial charge < -0.3 is 4.57 Å². The van der Waals surface area contributed by atoms with Crippen molar-refractivity contribution in [1.29, 1.82) is 0 Å². The molecule has 0 saturated carbocycles. The molecule has 0 spiro atoms. The van der Waals surface area contributed by atoms with Crippen LogP contribution in [0.1, 0.15) is 0 Å². The van der Waals surface area contributed by atoms with Gasteiger partial charge >= 0.3 is 0 Å². The molecule has 0 bridgehead atoms. The summed E-state index contributed by atoms with van der Waals surface area (Å²) in [6.07, 6.45) is 0. The minimum Gasteiger partial charge on any atom is -0.309 e. The second-order valence-electron chi connectivity index (χ2n) is 14.4. The van der Waals surface area contributed by atoms with Crippen LogP contribution < -0.4 is 0 Å². The van der Waals surface area contributed by atoms with Crippen LogP contribution in [0.15, 0.2) is 182 Å². The van der Waals surface area contributed by atoms with Crippen LogP contribution >= 0.6 is 22.7 Å². The van der Waals surface area contributed by atoms with E-state index in [2.05, 4.69) is 150 Å². The van der Waals surface area contributed by atoms with Gasteiger partial charge in [-0.25, -0.2) is 15.0 Å². The zero-order valence-corrected chi connectivity index (χ0v) is 32.1. The first-order valence-corrected chi connectivity index (χ1v) is 20.7. The van der Waals surface area contributed by atoms with Crippen molar-refractivity contribution in [2.45, 2.75) is 0 Å². The van der Waals surface area contributed by atoms with E-state index in [4.69, 9.17) is 15.0 Å². The smallest absolute Gasteiger partial charge is 0.165 e. The molecule has 0 amide bonds. The van der Waals surface area contributed by atoms with Crippen LogP contribution in [0, 0.1) is 0 Å². The minimum absolute atomic E-state index is 0.661. The van der Waals surface area contributed by atoms with Crippen LogP contribution in [0.25, 0.3) is 113 Å². The third kappa shape index (κ3) is 5.15. The van der Waals surface area contributed by atoms with E-state index >= 15 is 0 Å². The Bertz CT molecular complexity index is 3450. The molecule has 57 heavy (non-hydrogen) atoms. The number of fused-ring (bicyclic) bond motifs is 9. The van der Waals surface area contributed by atoms with Gasteiger partial charge in [-0.2, -0.15) is 0 Å². The second kappa shape index (κ2) is 12.8. The highest BCUT2D eigenvalue weighted by Crippen LogP contribution is 2.46. The number of para-hydroxylation sites is 1. The van der Waals surface area contributed by atoms with Crippen molar-refractivity contribution in [2.75, 3.05) is 0 Å². The van der Waals surface area contributed by atoms with Crippen LogP contribution in [-0.4, -0.2) is 19.5 Å². The maximum Gasteiger partial charge on any atom is 0.165 e. The van der Waals surface area contributed by atoms with Gasteiger partial charge in [0.05, 0.1) is 11.0 Å². The molecule has 0 saturated heterocycles. The van der Waals surface area contributed by atoms with Gasteiger partial charge in [0.25, 0.3) is 0 Å². The van der Waals surface area contributed by atoms with Gasteiger partial charge in [-0.1, -0.05) is 133 Å². The predicted molar refractivity (Wildman–Crippen MR) is 242 cm³/mol. The summed E-state index contributed by atoms with van der Waals surface area (Å²) in [6.45, 7) is 0. The van der Waals surface area contributed by atoms with E-state index in [1.165, 1.54) is 68.6 Å². The zero-order valence-electron chi connectivity index (χ0n) is 30.4. The topological polar surface area (TPSA) is 43.6 Å². The molecular formula is C51H30N4S2. The van der Waals surface area contributed by atoms with Gasteiger partial charge in [0.1, 0.15) is 0 Å². The van der Waals surface area contributed by atoms with E-state index in [0.717, 1.165) is 27.1 Å². The third-order valence-electron chi connectivity index (χ3n) is 11.1. The van der Waals surface area contributed by atoms with Gasteiger partial charge in [0, 0.05) is 73.5 Å². The first-order valence-electron chi connectivity index (χ1n) is 19.0. The summed E-state index contributed by atoms with van der Waals surface area (Å²) in [5.74, 6) is 1.99. The highest BCUT2D eigenvalue weighted by atomic mass is 32.1. The molecule has 4 nitrogen and oxygen atoms in total. The number of hydrogen-bond acceptors (Lipinski definition) is 5. The number of aromatic nitrogens is 4. The van der Waals surface area contributed by atoms with E-state index in [0.29, 0.717) is 17.5 Å². The maximum absolute atomic E-state index is 5.11. The van der Waals surface area contributed by atoms with Crippen LogP contribution in [-0.2, 0) is 0 Å². The first-order chi connectivity index (χ1) is 28.2. The highest BCUT2D eigenvalue weighted by molar-refractivity contribution is 7.27. The van der Waals surface area contributed by atoms with E-state index in [1.807, 2.05) is 59.1 Å². The molecular weight excluding hydrogens is 733 g/mol. The molecule has 0 N–H and O–H groups in total. The standard InChI is InChI=1S/C51H30N4S2/c1-4-14-31(15-5-1)49-52-50(32-16-6-2-7-17-32)54-51(53-49)39-24-13-23-38-37-22-12-21-35(47(37)57-48(38)39)33-26-27-43-40(28-33)41-29-42-36-20-10-11-25-45(36)56-46(42)30-44(41)55(43)34-18-8-3-9-19-34/h1-30H. The van der Waals surface area contributed by atoms with Crippen molar-refractivity contribution in [1.82, 2.24) is 19.5 Å². The fourth-order valence-electron chi connectivity index (χ4n) is 8.41. The quantitative estimate of drug-likeness (QED) is 0.175. The molecule has 12 rings (SSSR count). The predicted octanol–water partition coefficient (Wildman–Crippen LogP) is 14.4. The first kappa shape index (κ1) is 32.3. The Kier molecular flexibility index (Phi) is 7.24. The molecule has 0 radical (unpaired) electrons. The Morgan fingerprint density at radius 2 is 0.912 bits per heavy atom. The SMILES string of the molecule is c1ccc(-c2nc(-c3ccccc3)nc(-c3cccc4c3sc3c(-c5ccc6c(c5)c5cc7c(cc5n6-c5ccccc5)sc5ccccc57)cccc34)n2)cc1. The van der Waals surface area contributed by atoms with E-state index in [9.17, 15) is 0 Å². The van der Waals surface area contributed by atoms with Gasteiger partial charge in [-0.15, -0.1) is 22.7 Å². The normalized spacial score (nSPS) is 11.9. The van der Waals surface area contributed by atoms with Crippen molar-refractivity contribution in [3.05, 3.63) is 182 Å². The number of thiophene rings is 2. The van der Waals surface area contributed by atoms with Gasteiger partial charge in [0.15, 0.2) is 17.5 Å². The lowest BCUT2D eigenvalue weighted by atomic mass is 10.00. The van der Waals surface area contributed by atoms with E-state index in [1.54, 1.807) is 0 Å². The molecule has 266 valence electrons. The minimum atomic E-state index is 0.661. The third-order valence-corrected chi connectivity index (χ3v) is 13.5. The Labute approximate surface area is 335 Å². The van der Waals surface area contributed by atoms with Gasteiger partial charge in [0.2, 0.25) is 0 Å². The Morgan fingerprint density at radius 3 is 1.63 bits per heavy atom. The number of hydrogen-bond donors (Lipinski definition) is 0. The van der Waals surface area contributed by atoms with Crippen molar-refractivity contribution >= 4 is 84.8 Å². The molecule has 0 unspecified atom stereocenters. The number of nitrogens with zero attached hydrogens (tertiary/aromatic N) is 4. The fourth-order valence-corrected chi connectivity index (χ4v) is 10.9. The van der Waals surface area contributed by atoms with E-state index in [-0.39, 0.29) is 0 Å². The average Bonchev–Trinajstić information content (AvgIpc) is 3.95. The lowest BCUT2D eigenvalue weighted by Crippen LogP contribution is -2.00. The van der Waals surface area contributed by atoms with Crippen molar-refractivity contribution in [2.24, 2.45) is 0 Å². The largest absolute Gasteiger partial charge is 0.309 e. The molecule has 4 aromatic heterocycles. The second-order valence-corrected chi connectivity index (χ2v) is 16.5. The molecule has 0 aliphatic rings. The lowest BCUT2D eigenvalue weighted by Gasteiger charge is -2.09. The molecule has 0 aliphatic heterocycles. The van der Waals surface area contributed by atoms with Crippen molar-refractivity contribution in [3.8, 4) is 51.0 Å². The molecule has 12 aromatic rings. The number of benzene rings is 8. The van der Waals surface area contributed by atoms with Crippen molar-refractivity contribution in [3.63, 3.8) is 0 Å². The molecule has 0 aliphatic carbocycles. The lowest BCUT2D eigenvalue weighted by molar-refractivity contribution is 1.08. The molecule has 0 fully saturated rings. The van der Waals surface area contributed by atoms with Crippen LogP contribution in [0.3, 0.4) is 0 Å². The average molecular weight is 763 g/mol. The van der Waals surface area contributed by atoms with E-state index < -0.39 is 0 Å². The summed E-state index contributed by atoms with van der Waals surface area (Å²) in [5.41, 5.74) is 8.92.